The third-order valence-electron chi connectivity index (χ3n) is 1.97. The Balaban J connectivity index is 2.47. The Morgan fingerprint density at radius 2 is 2.42 bits per heavy atom. The molecule has 1 atom stereocenters. The highest BCUT2D eigenvalue weighted by molar-refractivity contribution is 5.65. The third-order valence-corrected chi connectivity index (χ3v) is 1.97. The Bertz CT molecular complexity index is 163. The SMILES string of the molecule is O=C(O)N1CCCNC(CO)C1. The number of aliphatic hydroxyl groups is 1. The van der Waals surface area contributed by atoms with Gasteiger partial charge >= 0.3 is 6.09 Å². The molecule has 0 aromatic carbocycles. The van der Waals surface area contributed by atoms with Crippen LogP contribution in [0.3, 0.4) is 0 Å². The highest BCUT2D eigenvalue weighted by Crippen LogP contribution is 2.00. The van der Waals surface area contributed by atoms with E-state index in [1.54, 1.807) is 0 Å². The maximum atomic E-state index is 10.6. The van der Waals surface area contributed by atoms with Gasteiger partial charge in [0.25, 0.3) is 0 Å². The van der Waals surface area contributed by atoms with Gasteiger partial charge in [0.15, 0.2) is 0 Å². The highest BCUT2D eigenvalue weighted by atomic mass is 16.4. The number of hydrogen-bond donors (Lipinski definition) is 3. The molecular weight excluding hydrogens is 160 g/mol. The van der Waals surface area contributed by atoms with Crippen LogP contribution in [0.1, 0.15) is 6.42 Å². The van der Waals surface area contributed by atoms with Gasteiger partial charge in [0.05, 0.1) is 6.61 Å². The van der Waals surface area contributed by atoms with Crippen molar-refractivity contribution >= 4 is 6.09 Å². The molecule has 5 nitrogen and oxygen atoms in total. The van der Waals surface area contributed by atoms with Gasteiger partial charge < -0.3 is 20.4 Å². The quantitative estimate of drug-likeness (QED) is 0.492. The molecule has 0 aromatic heterocycles. The van der Waals surface area contributed by atoms with E-state index in [0.717, 1.165) is 13.0 Å². The van der Waals surface area contributed by atoms with E-state index in [4.69, 9.17) is 10.2 Å². The van der Waals surface area contributed by atoms with Crippen molar-refractivity contribution in [3.8, 4) is 0 Å². The first-order valence-corrected chi connectivity index (χ1v) is 4.06. The van der Waals surface area contributed by atoms with Gasteiger partial charge in [-0.15, -0.1) is 0 Å². The molecule has 70 valence electrons. The predicted molar refractivity (Wildman–Crippen MR) is 43.1 cm³/mol. The standard InChI is InChI=1S/C7H14N2O3/c10-5-6-4-9(7(11)12)3-1-2-8-6/h6,8,10H,1-5H2,(H,11,12). The number of carboxylic acid groups (broad SMARTS) is 1. The van der Waals surface area contributed by atoms with E-state index in [2.05, 4.69) is 5.32 Å². The van der Waals surface area contributed by atoms with Crippen LogP contribution in [0.25, 0.3) is 0 Å². The Morgan fingerprint density at radius 1 is 1.67 bits per heavy atom. The van der Waals surface area contributed by atoms with Crippen molar-refractivity contribution in [2.24, 2.45) is 0 Å². The summed E-state index contributed by atoms with van der Waals surface area (Å²) in [5, 5.41) is 20.6. The van der Waals surface area contributed by atoms with Gasteiger partial charge in [-0.3, -0.25) is 0 Å². The number of nitrogens with one attached hydrogen (secondary N) is 1. The number of rotatable bonds is 1. The van der Waals surface area contributed by atoms with Gasteiger partial charge in [-0.25, -0.2) is 4.79 Å². The number of carbonyl (C=O) groups is 1. The van der Waals surface area contributed by atoms with Gasteiger partial charge in [-0.1, -0.05) is 0 Å². The van der Waals surface area contributed by atoms with E-state index in [1.165, 1.54) is 4.90 Å². The summed E-state index contributed by atoms with van der Waals surface area (Å²) in [5.74, 6) is 0. The van der Waals surface area contributed by atoms with Crippen molar-refractivity contribution in [3.63, 3.8) is 0 Å². The summed E-state index contributed by atoms with van der Waals surface area (Å²) < 4.78 is 0. The fourth-order valence-electron chi connectivity index (χ4n) is 1.29. The van der Waals surface area contributed by atoms with Crippen LogP contribution < -0.4 is 5.32 Å². The minimum atomic E-state index is -0.905. The van der Waals surface area contributed by atoms with Crippen molar-refractivity contribution in [3.05, 3.63) is 0 Å². The molecule has 1 aliphatic rings. The van der Waals surface area contributed by atoms with Crippen LogP contribution in [0.4, 0.5) is 4.79 Å². The predicted octanol–water partition coefficient (Wildman–Crippen LogP) is -0.679. The zero-order valence-electron chi connectivity index (χ0n) is 6.86. The third kappa shape index (κ3) is 2.35. The highest BCUT2D eigenvalue weighted by Gasteiger charge is 2.19. The average Bonchev–Trinajstić information content (AvgIpc) is 2.28. The summed E-state index contributed by atoms with van der Waals surface area (Å²) in [6, 6.07) is -0.108. The summed E-state index contributed by atoms with van der Waals surface area (Å²) in [6.45, 7) is 1.70. The topological polar surface area (TPSA) is 72.8 Å². The van der Waals surface area contributed by atoms with Gasteiger partial charge in [0, 0.05) is 19.1 Å². The minimum absolute atomic E-state index is 0.0101. The van der Waals surface area contributed by atoms with Crippen molar-refractivity contribution < 1.29 is 15.0 Å². The second kappa shape index (κ2) is 4.27. The number of amides is 1. The lowest BCUT2D eigenvalue weighted by atomic mass is 10.3. The molecule has 1 fully saturated rings. The molecule has 0 bridgehead atoms. The van der Waals surface area contributed by atoms with E-state index in [9.17, 15) is 4.79 Å². The molecule has 5 heteroatoms. The van der Waals surface area contributed by atoms with Crippen LogP contribution >= 0.6 is 0 Å². The van der Waals surface area contributed by atoms with Gasteiger partial charge in [-0.05, 0) is 13.0 Å². The number of aliphatic hydroxyl groups excluding tert-OH is 1. The first-order valence-electron chi connectivity index (χ1n) is 4.06. The zero-order chi connectivity index (χ0) is 8.97. The normalized spacial score (nSPS) is 25.1. The lowest BCUT2D eigenvalue weighted by Crippen LogP contribution is -2.42. The van der Waals surface area contributed by atoms with E-state index < -0.39 is 6.09 Å². The minimum Gasteiger partial charge on any atom is -0.465 e. The summed E-state index contributed by atoms with van der Waals surface area (Å²) in [4.78, 5) is 11.9. The largest absolute Gasteiger partial charge is 0.465 e. The lowest BCUT2D eigenvalue weighted by molar-refractivity contribution is 0.137. The summed E-state index contributed by atoms with van der Waals surface area (Å²) in [7, 11) is 0. The van der Waals surface area contributed by atoms with E-state index in [1.807, 2.05) is 0 Å². The molecule has 1 amide bonds. The molecule has 1 unspecified atom stereocenters. The summed E-state index contributed by atoms with van der Waals surface area (Å²) in [6.07, 6.45) is -0.0971. The fraction of sp³-hybridized carbons (Fsp3) is 0.857. The molecule has 1 heterocycles. The molecule has 3 N–H and O–H groups in total. The molecule has 1 rings (SSSR count). The van der Waals surface area contributed by atoms with E-state index >= 15 is 0 Å². The van der Waals surface area contributed by atoms with Crippen molar-refractivity contribution in [2.45, 2.75) is 12.5 Å². The molecular formula is C7H14N2O3. The second-order valence-electron chi connectivity index (χ2n) is 2.92. The first kappa shape index (κ1) is 9.28. The van der Waals surface area contributed by atoms with Crippen molar-refractivity contribution in [2.75, 3.05) is 26.2 Å². The molecule has 0 aromatic rings. The van der Waals surface area contributed by atoms with Gasteiger partial charge in [-0.2, -0.15) is 0 Å². The first-order chi connectivity index (χ1) is 5.74. The van der Waals surface area contributed by atoms with Crippen molar-refractivity contribution in [1.29, 1.82) is 0 Å². The lowest BCUT2D eigenvalue weighted by Gasteiger charge is -2.19. The monoisotopic (exact) mass is 174 g/mol. The maximum Gasteiger partial charge on any atom is 0.407 e. The van der Waals surface area contributed by atoms with Crippen LogP contribution in [0.15, 0.2) is 0 Å². The molecule has 0 saturated carbocycles. The van der Waals surface area contributed by atoms with Crippen LogP contribution in [-0.2, 0) is 0 Å². The second-order valence-corrected chi connectivity index (χ2v) is 2.92. The van der Waals surface area contributed by atoms with Gasteiger partial charge in [0.2, 0.25) is 0 Å². The molecule has 0 spiro atoms. The molecule has 0 radical (unpaired) electrons. The fourth-order valence-corrected chi connectivity index (χ4v) is 1.29. The zero-order valence-corrected chi connectivity index (χ0v) is 6.86. The molecule has 12 heavy (non-hydrogen) atoms. The Labute approximate surface area is 71.0 Å². The van der Waals surface area contributed by atoms with Gasteiger partial charge in [0.1, 0.15) is 0 Å². The summed E-state index contributed by atoms with van der Waals surface area (Å²) >= 11 is 0. The smallest absolute Gasteiger partial charge is 0.407 e. The van der Waals surface area contributed by atoms with Crippen LogP contribution in [-0.4, -0.2) is 53.5 Å². The number of nitrogens with zero attached hydrogens (tertiary/aromatic N) is 1. The van der Waals surface area contributed by atoms with Crippen LogP contribution in [0, 0.1) is 0 Å². The van der Waals surface area contributed by atoms with E-state index in [0.29, 0.717) is 13.1 Å². The Hall–Kier alpha value is -0.810. The molecule has 1 aliphatic heterocycles. The van der Waals surface area contributed by atoms with Crippen LogP contribution in [0.2, 0.25) is 0 Å². The molecule has 0 aliphatic carbocycles. The maximum absolute atomic E-state index is 10.6. The van der Waals surface area contributed by atoms with Crippen molar-refractivity contribution in [1.82, 2.24) is 10.2 Å². The number of hydrogen-bond acceptors (Lipinski definition) is 3. The molecule has 1 saturated heterocycles. The average molecular weight is 174 g/mol. The van der Waals surface area contributed by atoms with E-state index in [-0.39, 0.29) is 12.6 Å². The summed E-state index contributed by atoms with van der Waals surface area (Å²) in [5.41, 5.74) is 0. The Morgan fingerprint density at radius 3 is 3.00 bits per heavy atom. The Kier molecular flexibility index (Phi) is 3.31. The van der Waals surface area contributed by atoms with Crippen LogP contribution in [0.5, 0.6) is 0 Å².